The first-order chi connectivity index (χ1) is 8.24. The topological polar surface area (TPSA) is 71.2 Å². The third-order valence-corrected chi connectivity index (χ3v) is 2.96. The van der Waals surface area contributed by atoms with E-state index in [9.17, 15) is 0 Å². The summed E-state index contributed by atoms with van der Waals surface area (Å²) in [5, 5.41) is 22.1. The monoisotopic (exact) mass is 229 g/mol. The maximum Gasteiger partial charge on any atom is 0.491 e. The van der Waals surface area contributed by atoms with Crippen molar-refractivity contribution < 1.29 is 10.0 Å². The molecule has 0 saturated heterocycles. The molecular weight excluding hydrogens is 217 g/mol. The molecule has 86 valence electrons. The van der Waals surface area contributed by atoms with Crippen molar-refractivity contribution in [2.75, 3.05) is 0 Å². The van der Waals surface area contributed by atoms with Crippen LogP contribution in [0.3, 0.4) is 0 Å². The minimum atomic E-state index is -1.48. The minimum Gasteiger partial charge on any atom is -0.423 e. The Hall–Kier alpha value is -1.66. The zero-order chi connectivity index (χ0) is 11.8. The fraction of sp³-hybridized carbons (Fsp3) is 0.273. The zero-order valence-electron chi connectivity index (χ0n) is 9.19. The maximum atomic E-state index is 9.02. The summed E-state index contributed by atoms with van der Waals surface area (Å²) in [6.45, 7) is 0. The van der Waals surface area contributed by atoms with E-state index in [1.807, 2.05) is 12.3 Å². The Bertz CT molecular complexity index is 537. The molecule has 1 aliphatic carbocycles. The number of hydrogen-bond acceptors (Lipinski definition) is 4. The number of rotatable bonds is 3. The summed E-state index contributed by atoms with van der Waals surface area (Å²) < 4.78 is 1.60. The fourth-order valence-corrected chi connectivity index (χ4v) is 1.82. The molecule has 2 aromatic heterocycles. The average Bonchev–Trinajstić information content (AvgIpc) is 3.06. The largest absolute Gasteiger partial charge is 0.491 e. The Morgan fingerprint density at radius 1 is 1.24 bits per heavy atom. The van der Waals surface area contributed by atoms with Crippen molar-refractivity contribution in [2.45, 2.75) is 18.8 Å². The predicted molar refractivity (Wildman–Crippen MR) is 63.2 cm³/mol. The highest BCUT2D eigenvalue weighted by molar-refractivity contribution is 6.58. The Morgan fingerprint density at radius 3 is 2.71 bits per heavy atom. The summed E-state index contributed by atoms with van der Waals surface area (Å²) in [6.07, 6.45) is 9.08. The molecule has 0 spiro atoms. The van der Waals surface area contributed by atoms with Crippen LogP contribution in [0.1, 0.15) is 24.3 Å². The SMILES string of the molecule is OB(O)c1cnn(-c2cncc(C3CC3)c2)c1. The highest BCUT2D eigenvalue weighted by Crippen LogP contribution is 2.39. The first-order valence-corrected chi connectivity index (χ1v) is 5.60. The van der Waals surface area contributed by atoms with Crippen LogP contribution in [0.5, 0.6) is 0 Å². The van der Waals surface area contributed by atoms with Gasteiger partial charge in [-0.15, -0.1) is 0 Å². The molecule has 1 aliphatic rings. The number of hydrogen-bond donors (Lipinski definition) is 2. The maximum absolute atomic E-state index is 9.02. The van der Waals surface area contributed by atoms with Crippen molar-refractivity contribution in [1.82, 2.24) is 14.8 Å². The van der Waals surface area contributed by atoms with Crippen LogP contribution in [0, 0.1) is 0 Å². The van der Waals surface area contributed by atoms with Gasteiger partial charge in [-0.25, -0.2) is 4.68 Å². The minimum absolute atomic E-state index is 0.377. The van der Waals surface area contributed by atoms with E-state index < -0.39 is 7.12 Å². The second kappa shape index (κ2) is 3.98. The van der Waals surface area contributed by atoms with Gasteiger partial charge in [0.15, 0.2) is 0 Å². The average molecular weight is 229 g/mol. The normalized spacial score (nSPS) is 14.9. The van der Waals surface area contributed by atoms with Crippen LogP contribution in [0.15, 0.2) is 30.9 Å². The molecule has 1 fully saturated rings. The lowest BCUT2D eigenvalue weighted by Gasteiger charge is -2.03. The van der Waals surface area contributed by atoms with Crippen LogP contribution >= 0.6 is 0 Å². The van der Waals surface area contributed by atoms with Crippen molar-refractivity contribution in [3.05, 3.63) is 36.4 Å². The van der Waals surface area contributed by atoms with Gasteiger partial charge >= 0.3 is 7.12 Å². The first-order valence-electron chi connectivity index (χ1n) is 5.60. The zero-order valence-corrected chi connectivity index (χ0v) is 9.19. The highest BCUT2D eigenvalue weighted by atomic mass is 16.4. The molecule has 0 aromatic carbocycles. The molecule has 2 aromatic rings. The van der Waals surface area contributed by atoms with Gasteiger partial charge in [-0.05, 0) is 30.4 Å². The Morgan fingerprint density at radius 2 is 2.06 bits per heavy atom. The molecule has 0 unspecified atom stereocenters. The van der Waals surface area contributed by atoms with E-state index in [4.69, 9.17) is 10.0 Å². The van der Waals surface area contributed by atoms with Crippen LogP contribution in [0.2, 0.25) is 0 Å². The van der Waals surface area contributed by atoms with Gasteiger partial charge in [0.05, 0.1) is 11.9 Å². The number of pyridine rings is 1. The van der Waals surface area contributed by atoms with E-state index in [0.717, 1.165) is 5.69 Å². The number of aromatic nitrogens is 3. The molecule has 6 heteroatoms. The summed E-state index contributed by atoms with van der Waals surface area (Å²) in [4.78, 5) is 4.19. The van der Waals surface area contributed by atoms with Crippen molar-refractivity contribution >= 4 is 12.6 Å². The van der Waals surface area contributed by atoms with Crippen molar-refractivity contribution in [2.24, 2.45) is 0 Å². The van der Waals surface area contributed by atoms with E-state index in [2.05, 4.69) is 10.1 Å². The molecule has 2 N–H and O–H groups in total. The third-order valence-electron chi connectivity index (χ3n) is 2.96. The highest BCUT2D eigenvalue weighted by Gasteiger charge is 2.24. The predicted octanol–water partition coefficient (Wildman–Crippen LogP) is -0.176. The van der Waals surface area contributed by atoms with Crippen LogP contribution in [-0.4, -0.2) is 31.9 Å². The second-order valence-electron chi connectivity index (χ2n) is 4.34. The van der Waals surface area contributed by atoms with Crippen molar-refractivity contribution in [3.63, 3.8) is 0 Å². The van der Waals surface area contributed by atoms with E-state index in [0.29, 0.717) is 11.4 Å². The smallest absolute Gasteiger partial charge is 0.423 e. The van der Waals surface area contributed by atoms with Crippen LogP contribution in [0.4, 0.5) is 0 Å². The van der Waals surface area contributed by atoms with Gasteiger partial charge in [0, 0.05) is 24.1 Å². The van der Waals surface area contributed by atoms with Crippen molar-refractivity contribution in [3.8, 4) is 5.69 Å². The standard InChI is InChI=1S/C11H12BN3O2/c16-12(17)10-5-14-15(7-10)11-3-9(4-13-6-11)8-1-2-8/h3-8,16-17H,1-2H2. The van der Waals surface area contributed by atoms with E-state index in [1.165, 1.54) is 24.6 Å². The Balaban J connectivity index is 1.93. The Labute approximate surface area is 98.9 Å². The van der Waals surface area contributed by atoms with E-state index in [1.54, 1.807) is 17.1 Å². The first kappa shape index (κ1) is 10.5. The molecule has 1 saturated carbocycles. The summed E-state index contributed by atoms with van der Waals surface area (Å²) in [5.74, 6) is 0.640. The lowest BCUT2D eigenvalue weighted by molar-refractivity contribution is 0.426. The molecule has 17 heavy (non-hydrogen) atoms. The van der Waals surface area contributed by atoms with Crippen LogP contribution in [-0.2, 0) is 0 Å². The molecule has 5 nitrogen and oxygen atoms in total. The van der Waals surface area contributed by atoms with Gasteiger partial charge in [-0.1, -0.05) is 0 Å². The quantitative estimate of drug-likeness (QED) is 0.716. The van der Waals surface area contributed by atoms with Gasteiger partial charge in [0.25, 0.3) is 0 Å². The summed E-state index contributed by atoms with van der Waals surface area (Å²) in [7, 11) is -1.48. The van der Waals surface area contributed by atoms with Gasteiger partial charge in [-0.2, -0.15) is 5.10 Å². The third kappa shape index (κ3) is 2.09. The molecule has 2 heterocycles. The Kier molecular flexibility index (Phi) is 2.46. The molecule has 0 bridgehead atoms. The summed E-state index contributed by atoms with van der Waals surface area (Å²) >= 11 is 0. The van der Waals surface area contributed by atoms with Crippen LogP contribution in [0.25, 0.3) is 5.69 Å². The van der Waals surface area contributed by atoms with E-state index in [-0.39, 0.29) is 0 Å². The second-order valence-corrected chi connectivity index (χ2v) is 4.34. The molecular formula is C11H12BN3O2. The van der Waals surface area contributed by atoms with Crippen LogP contribution < -0.4 is 5.46 Å². The lowest BCUT2D eigenvalue weighted by atomic mass is 9.83. The summed E-state index contributed by atoms with van der Waals surface area (Å²) in [6, 6.07) is 2.05. The van der Waals surface area contributed by atoms with Gasteiger partial charge < -0.3 is 10.0 Å². The van der Waals surface area contributed by atoms with Gasteiger partial charge in [0.2, 0.25) is 0 Å². The molecule has 3 rings (SSSR count). The van der Waals surface area contributed by atoms with E-state index >= 15 is 0 Å². The summed E-state index contributed by atoms with van der Waals surface area (Å²) in [5.41, 5.74) is 2.45. The van der Waals surface area contributed by atoms with Gasteiger partial charge in [-0.3, -0.25) is 4.98 Å². The fourth-order valence-electron chi connectivity index (χ4n) is 1.82. The molecule has 0 aliphatic heterocycles. The van der Waals surface area contributed by atoms with Crippen molar-refractivity contribution in [1.29, 1.82) is 0 Å². The van der Waals surface area contributed by atoms with Gasteiger partial charge in [0.1, 0.15) is 0 Å². The molecule has 0 radical (unpaired) electrons. The molecule has 0 atom stereocenters. The molecule has 0 amide bonds. The lowest BCUT2D eigenvalue weighted by Crippen LogP contribution is -2.28. The number of nitrogens with zero attached hydrogens (tertiary/aromatic N) is 3.